The number of aromatic hydroxyl groups is 1. The predicted octanol–water partition coefficient (Wildman–Crippen LogP) is 3.90. The molecule has 2 rings (SSSR count). The first kappa shape index (κ1) is 16.5. The minimum absolute atomic E-state index is 0.0235. The molecule has 2 aromatic rings. The van der Waals surface area contributed by atoms with E-state index in [-0.39, 0.29) is 11.4 Å². The Morgan fingerprint density at radius 2 is 1.83 bits per heavy atom. The van der Waals surface area contributed by atoms with Crippen LogP contribution in [0.4, 0.5) is 17.1 Å². The van der Waals surface area contributed by atoms with Crippen molar-refractivity contribution >= 4 is 23.3 Å². The number of hydrogen-bond donors (Lipinski definition) is 1. The average Bonchev–Trinajstić information content (AvgIpc) is 2.55. The number of nitro benzene ring substituents is 1. The second-order valence-electron chi connectivity index (χ2n) is 4.95. The Balaban J connectivity index is 2.17. The number of benzene rings is 2. The van der Waals surface area contributed by atoms with E-state index in [1.54, 1.807) is 30.5 Å². The molecule has 0 atom stereocenters. The van der Waals surface area contributed by atoms with E-state index in [1.807, 2.05) is 6.07 Å². The third-order valence-corrected chi connectivity index (χ3v) is 3.56. The number of aliphatic imine (C=N–C) groups is 1. The van der Waals surface area contributed by atoms with Crippen molar-refractivity contribution in [3.05, 3.63) is 58.1 Å². The summed E-state index contributed by atoms with van der Waals surface area (Å²) in [5.41, 5.74) is 2.16. The van der Waals surface area contributed by atoms with E-state index >= 15 is 0 Å². The van der Waals surface area contributed by atoms with Gasteiger partial charge in [0, 0.05) is 48.8 Å². The van der Waals surface area contributed by atoms with Crippen LogP contribution >= 0.6 is 0 Å². The molecular formula is C17H19N3O3. The summed E-state index contributed by atoms with van der Waals surface area (Å²) >= 11 is 0. The van der Waals surface area contributed by atoms with Crippen LogP contribution in [0, 0.1) is 10.1 Å². The number of phenolic OH excluding ortho intramolecular Hbond substituents is 1. The van der Waals surface area contributed by atoms with E-state index < -0.39 is 4.92 Å². The van der Waals surface area contributed by atoms with Gasteiger partial charge in [-0.1, -0.05) is 0 Å². The zero-order valence-electron chi connectivity index (χ0n) is 13.1. The van der Waals surface area contributed by atoms with Crippen molar-refractivity contribution in [3.8, 4) is 5.75 Å². The summed E-state index contributed by atoms with van der Waals surface area (Å²) in [4.78, 5) is 16.5. The largest absolute Gasteiger partial charge is 0.507 e. The molecule has 23 heavy (non-hydrogen) atoms. The van der Waals surface area contributed by atoms with Crippen molar-refractivity contribution < 1.29 is 10.0 Å². The highest BCUT2D eigenvalue weighted by molar-refractivity contribution is 5.86. The number of nitrogens with zero attached hydrogens (tertiary/aromatic N) is 3. The molecule has 2 aromatic carbocycles. The van der Waals surface area contributed by atoms with E-state index in [9.17, 15) is 15.2 Å². The molecule has 0 aromatic heterocycles. The Morgan fingerprint density at radius 1 is 1.17 bits per heavy atom. The zero-order chi connectivity index (χ0) is 16.8. The van der Waals surface area contributed by atoms with E-state index in [4.69, 9.17) is 0 Å². The fourth-order valence-electron chi connectivity index (χ4n) is 2.23. The van der Waals surface area contributed by atoms with Crippen molar-refractivity contribution in [2.24, 2.45) is 4.99 Å². The van der Waals surface area contributed by atoms with Gasteiger partial charge in [0.1, 0.15) is 5.75 Å². The van der Waals surface area contributed by atoms with Gasteiger partial charge < -0.3 is 10.0 Å². The fourth-order valence-corrected chi connectivity index (χ4v) is 2.23. The molecule has 0 aliphatic heterocycles. The molecule has 120 valence electrons. The number of nitro groups is 1. The summed E-state index contributed by atoms with van der Waals surface area (Å²) in [7, 11) is 0. The second kappa shape index (κ2) is 7.40. The lowest BCUT2D eigenvalue weighted by atomic mass is 10.2. The second-order valence-corrected chi connectivity index (χ2v) is 4.95. The van der Waals surface area contributed by atoms with E-state index in [0.29, 0.717) is 11.3 Å². The van der Waals surface area contributed by atoms with Crippen molar-refractivity contribution in [1.29, 1.82) is 0 Å². The first-order chi connectivity index (χ1) is 11.0. The highest BCUT2D eigenvalue weighted by Gasteiger charge is 2.06. The van der Waals surface area contributed by atoms with Crippen LogP contribution in [0.1, 0.15) is 19.4 Å². The molecule has 0 saturated carbocycles. The molecule has 0 bridgehead atoms. The van der Waals surface area contributed by atoms with Gasteiger partial charge in [-0.05, 0) is 38.1 Å². The standard InChI is InChI=1S/C17H19N3O3/c1-3-19(4-2)16-8-5-13(17(21)11-16)12-18-14-6-9-15(10-7-14)20(22)23/h5-12,21H,3-4H2,1-2H3. The molecule has 1 N–H and O–H groups in total. The first-order valence-electron chi connectivity index (χ1n) is 7.41. The molecule has 0 fully saturated rings. The van der Waals surface area contributed by atoms with Crippen LogP contribution in [0.25, 0.3) is 0 Å². The van der Waals surface area contributed by atoms with Gasteiger partial charge in [-0.25, -0.2) is 0 Å². The lowest BCUT2D eigenvalue weighted by Crippen LogP contribution is -2.21. The summed E-state index contributed by atoms with van der Waals surface area (Å²) < 4.78 is 0. The van der Waals surface area contributed by atoms with E-state index in [0.717, 1.165) is 18.8 Å². The monoisotopic (exact) mass is 313 g/mol. The molecule has 6 nitrogen and oxygen atoms in total. The number of phenols is 1. The van der Waals surface area contributed by atoms with Crippen molar-refractivity contribution in [1.82, 2.24) is 0 Å². The van der Waals surface area contributed by atoms with Crippen LogP contribution in [0.3, 0.4) is 0 Å². The molecule has 0 heterocycles. The Labute approximate surface area is 134 Å². The highest BCUT2D eigenvalue weighted by Crippen LogP contribution is 2.24. The van der Waals surface area contributed by atoms with Gasteiger partial charge in [-0.3, -0.25) is 15.1 Å². The molecule has 0 aliphatic carbocycles. The fraction of sp³-hybridized carbons (Fsp3) is 0.235. The van der Waals surface area contributed by atoms with Gasteiger partial charge in [-0.2, -0.15) is 0 Å². The maximum absolute atomic E-state index is 10.6. The molecule has 0 unspecified atom stereocenters. The zero-order valence-corrected chi connectivity index (χ0v) is 13.1. The molecule has 0 spiro atoms. The highest BCUT2D eigenvalue weighted by atomic mass is 16.6. The van der Waals surface area contributed by atoms with Crippen LogP contribution < -0.4 is 4.90 Å². The minimum atomic E-state index is -0.453. The third-order valence-electron chi connectivity index (χ3n) is 3.56. The normalized spacial score (nSPS) is 10.9. The SMILES string of the molecule is CCN(CC)c1ccc(C=Nc2ccc([N+](=O)[O-])cc2)c(O)c1. The van der Waals surface area contributed by atoms with Crippen molar-refractivity contribution in [2.75, 3.05) is 18.0 Å². The van der Waals surface area contributed by atoms with Gasteiger partial charge in [0.2, 0.25) is 0 Å². The van der Waals surface area contributed by atoms with Gasteiger partial charge in [-0.15, -0.1) is 0 Å². The molecule has 6 heteroatoms. The smallest absolute Gasteiger partial charge is 0.269 e. The summed E-state index contributed by atoms with van der Waals surface area (Å²) in [6.45, 7) is 5.85. The predicted molar refractivity (Wildman–Crippen MR) is 92.0 cm³/mol. The number of anilines is 1. The first-order valence-corrected chi connectivity index (χ1v) is 7.41. The number of non-ortho nitro benzene ring substituents is 1. The lowest BCUT2D eigenvalue weighted by molar-refractivity contribution is -0.384. The van der Waals surface area contributed by atoms with Crippen LogP contribution in [0.5, 0.6) is 5.75 Å². The quantitative estimate of drug-likeness (QED) is 0.498. The van der Waals surface area contributed by atoms with E-state index in [2.05, 4.69) is 23.7 Å². The van der Waals surface area contributed by atoms with E-state index in [1.165, 1.54) is 12.1 Å². The lowest BCUT2D eigenvalue weighted by Gasteiger charge is -2.21. The average molecular weight is 313 g/mol. The Hall–Kier alpha value is -2.89. The number of hydrogen-bond acceptors (Lipinski definition) is 5. The van der Waals surface area contributed by atoms with Gasteiger partial charge >= 0.3 is 0 Å². The molecule has 0 amide bonds. The molecule has 0 aliphatic rings. The topological polar surface area (TPSA) is 79.0 Å². The minimum Gasteiger partial charge on any atom is -0.507 e. The van der Waals surface area contributed by atoms with Gasteiger partial charge in [0.15, 0.2) is 0 Å². The van der Waals surface area contributed by atoms with Crippen LogP contribution in [0.15, 0.2) is 47.5 Å². The third kappa shape index (κ3) is 4.06. The van der Waals surface area contributed by atoms with Crippen LogP contribution in [0.2, 0.25) is 0 Å². The maximum atomic E-state index is 10.6. The van der Waals surface area contributed by atoms with Crippen molar-refractivity contribution in [3.63, 3.8) is 0 Å². The number of rotatable bonds is 6. The Morgan fingerprint density at radius 3 is 2.35 bits per heavy atom. The molecule has 0 radical (unpaired) electrons. The van der Waals surface area contributed by atoms with Crippen molar-refractivity contribution in [2.45, 2.75) is 13.8 Å². The Bertz CT molecular complexity index is 708. The van der Waals surface area contributed by atoms with Crippen LogP contribution in [-0.4, -0.2) is 29.3 Å². The maximum Gasteiger partial charge on any atom is 0.269 e. The van der Waals surface area contributed by atoms with Gasteiger partial charge in [0.25, 0.3) is 5.69 Å². The summed E-state index contributed by atoms with van der Waals surface area (Å²) in [5.74, 6) is 0.153. The Kier molecular flexibility index (Phi) is 5.30. The summed E-state index contributed by atoms with van der Waals surface area (Å²) in [6.07, 6.45) is 1.54. The van der Waals surface area contributed by atoms with Crippen LogP contribution in [-0.2, 0) is 0 Å². The molecule has 0 saturated heterocycles. The summed E-state index contributed by atoms with van der Waals surface area (Å²) in [5, 5.41) is 20.7. The molecular weight excluding hydrogens is 294 g/mol. The van der Waals surface area contributed by atoms with Gasteiger partial charge in [0.05, 0.1) is 10.6 Å². The summed E-state index contributed by atoms with van der Waals surface area (Å²) in [6, 6.07) is 11.4.